The molecule has 0 saturated heterocycles. The van der Waals surface area contributed by atoms with Gasteiger partial charge in [0, 0.05) is 20.5 Å². The van der Waals surface area contributed by atoms with E-state index in [1.165, 1.54) is 11.3 Å². The Kier molecular flexibility index (Phi) is 4.28. The predicted octanol–water partition coefficient (Wildman–Crippen LogP) is 7.60. The Morgan fingerprint density at radius 3 is 1.43 bits per heavy atom. The Morgan fingerprint density at radius 2 is 0.943 bits per heavy atom. The summed E-state index contributed by atoms with van der Waals surface area (Å²) >= 11 is 1.38. The van der Waals surface area contributed by atoms with Crippen molar-refractivity contribution in [2.45, 2.75) is 0 Å². The number of hydrogen-bond donors (Lipinski definition) is 0. The quantitative estimate of drug-likeness (QED) is 0.192. The smallest absolute Gasteiger partial charge is 0.345 e. The maximum atomic E-state index is 12.9. The van der Waals surface area contributed by atoms with Gasteiger partial charge >= 0.3 is 11.3 Å². The molecule has 7 rings (SSSR count). The van der Waals surface area contributed by atoms with Gasteiger partial charge in [0.1, 0.15) is 11.2 Å². The van der Waals surface area contributed by atoms with E-state index in [0.29, 0.717) is 22.3 Å². The van der Waals surface area contributed by atoms with Crippen LogP contribution in [-0.2, 0) is 0 Å². The SMILES string of the molecule is O=c1oc2ccc3ccccc3c2cc1-c1ccc(-c2cc3c(ccc4ccccc43)oc2=O)s1. The molecule has 0 saturated carbocycles. The van der Waals surface area contributed by atoms with Gasteiger partial charge in [-0.3, -0.25) is 0 Å². The van der Waals surface area contributed by atoms with E-state index in [9.17, 15) is 9.59 Å². The first-order valence-corrected chi connectivity index (χ1v) is 12.0. The number of hydrogen-bond acceptors (Lipinski definition) is 5. The van der Waals surface area contributed by atoms with E-state index in [1.807, 2.05) is 97.1 Å². The zero-order valence-electron chi connectivity index (χ0n) is 18.3. The first kappa shape index (κ1) is 19.9. The van der Waals surface area contributed by atoms with Crippen LogP contribution in [0.25, 0.3) is 64.4 Å². The van der Waals surface area contributed by atoms with Crippen LogP contribution in [0.5, 0.6) is 0 Å². The second-order valence-electron chi connectivity index (χ2n) is 8.46. The standard InChI is InChI=1S/C30H16O4S/c31-29-23(15-21-19-7-3-1-5-17(19)9-11-25(21)33-29)27-13-14-28(35-27)24-16-22-20-8-4-2-6-18(20)10-12-26(22)34-30(24)32/h1-16H. The van der Waals surface area contributed by atoms with Crippen LogP contribution in [0.3, 0.4) is 0 Å². The molecule has 4 aromatic carbocycles. The van der Waals surface area contributed by atoms with Crippen LogP contribution in [0.4, 0.5) is 0 Å². The second-order valence-corrected chi connectivity index (χ2v) is 9.54. The molecule has 0 aliphatic heterocycles. The molecule has 4 nitrogen and oxygen atoms in total. The van der Waals surface area contributed by atoms with Gasteiger partial charge in [0.25, 0.3) is 0 Å². The molecule has 7 aromatic rings. The lowest BCUT2D eigenvalue weighted by molar-refractivity contribution is 0.564. The molecule has 0 unspecified atom stereocenters. The Labute approximate surface area is 202 Å². The minimum absolute atomic E-state index is 0.405. The highest BCUT2D eigenvalue weighted by Gasteiger charge is 2.16. The molecule has 0 aliphatic carbocycles. The highest BCUT2D eigenvalue weighted by molar-refractivity contribution is 7.18. The molecule has 0 bridgehead atoms. The largest absolute Gasteiger partial charge is 0.422 e. The molecular weight excluding hydrogens is 456 g/mol. The van der Waals surface area contributed by atoms with Gasteiger partial charge < -0.3 is 8.83 Å². The fraction of sp³-hybridized carbons (Fsp3) is 0. The molecule has 35 heavy (non-hydrogen) atoms. The Balaban J connectivity index is 1.41. The summed E-state index contributed by atoms with van der Waals surface area (Å²) in [6, 6.07) is 31.1. The van der Waals surface area contributed by atoms with Crippen LogP contribution in [0.15, 0.2) is 115 Å². The summed E-state index contributed by atoms with van der Waals surface area (Å²) in [6.45, 7) is 0. The van der Waals surface area contributed by atoms with Gasteiger partial charge in [0.2, 0.25) is 0 Å². The normalized spacial score (nSPS) is 11.7. The molecule has 0 spiro atoms. The van der Waals surface area contributed by atoms with Crippen molar-refractivity contribution in [3.05, 3.63) is 118 Å². The average Bonchev–Trinajstić information content (AvgIpc) is 3.37. The molecule has 0 atom stereocenters. The summed E-state index contributed by atoms with van der Waals surface area (Å²) in [4.78, 5) is 27.2. The molecule has 0 amide bonds. The maximum Gasteiger partial charge on any atom is 0.345 e. The van der Waals surface area contributed by atoms with Crippen LogP contribution in [0, 0.1) is 0 Å². The number of benzene rings is 4. The summed E-state index contributed by atoms with van der Waals surface area (Å²) in [5.41, 5.74) is 1.24. The van der Waals surface area contributed by atoms with Crippen molar-refractivity contribution < 1.29 is 8.83 Å². The summed E-state index contributed by atoms with van der Waals surface area (Å²) in [7, 11) is 0. The van der Waals surface area contributed by atoms with Gasteiger partial charge in [-0.25, -0.2) is 9.59 Å². The third-order valence-electron chi connectivity index (χ3n) is 6.42. The molecule has 0 radical (unpaired) electrons. The zero-order valence-corrected chi connectivity index (χ0v) is 19.1. The van der Waals surface area contributed by atoms with E-state index in [0.717, 1.165) is 42.1 Å². The van der Waals surface area contributed by atoms with Gasteiger partial charge in [-0.15, -0.1) is 11.3 Å². The van der Waals surface area contributed by atoms with Gasteiger partial charge in [-0.05, 0) is 57.9 Å². The van der Waals surface area contributed by atoms with E-state index in [-0.39, 0.29) is 0 Å². The van der Waals surface area contributed by atoms with Gasteiger partial charge in [0.05, 0.1) is 11.1 Å². The lowest BCUT2D eigenvalue weighted by atomic mass is 10.0. The van der Waals surface area contributed by atoms with Gasteiger partial charge in [-0.2, -0.15) is 0 Å². The number of thiophene rings is 1. The second kappa shape index (κ2) is 7.52. The average molecular weight is 473 g/mol. The minimum Gasteiger partial charge on any atom is -0.422 e. The third kappa shape index (κ3) is 3.13. The van der Waals surface area contributed by atoms with Crippen molar-refractivity contribution in [3.8, 4) is 20.9 Å². The molecule has 0 N–H and O–H groups in total. The van der Waals surface area contributed by atoms with E-state index < -0.39 is 11.3 Å². The Hall–Kier alpha value is -4.48. The third-order valence-corrected chi connectivity index (χ3v) is 7.57. The molecule has 0 fully saturated rings. The fourth-order valence-electron chi connectivity index (χ4n) is 4.71. The molecule has 166 valence electrons. The van der Waals surface area contributed by atoms with Crippen molar-refractivity contribution in [1.29, 1.82) is 0 Å². The molecule has 0 aliphatic rings. The predicted molar refractivity (Wildman–Crippen MR) is 142 cm³/mol. The van der Waals surface area contributed by atoms with Crippen molar-refractivity contribution in [1.82, 2.24) is 0 Å². The maximum absolute atomic E-state index is 12.9. The molecule has 5 heteroatoms. The van der Waals surface area contributed by atoms with Crippen LogP contribution < -0.4 is 11.3 Å². The van der Waals surface area contributed by atoms with Crippen LogP contribution in [0.1, 0.15) is 0 Å². The topological polar surface area (TPSA) is 60.4 Å². The lowest BCUT2D eigenvalue weighted by Gasteiger charge is -2.05. The zero-order chi connectivity index (χ0) is 23.5. The van der Waals surface area contributed by atoms with E-state index >= 15 is 0 Å². The molecule has 3 heterocycles. The monoisotopic (exact) mass is 472 g/mol. The van der Waals surface area contributed by atoms with Crippen LogP contribution in [0.2, 0.25) is 0 Å². The first-order chi connectivity index (χ1) is 17.2. The highest BCUT2D eigenvalue weighted by Crippen LogP contribution is 2.36. The lowest BCUT2D eigenvalue weighted by Crippen LogP contribution is -2.02. The van der Waals surface area contributed by atoms with Gasteiger partial charge in [0.15, 0.2) is 0 Å². The van der Waals surface area contributed by atoms with Crippen molar-refractivity contribution in [2.24, 2.45) is 0 Å². The molecule has 3 aromatic heterocycles. The summed E-state index contributed by atoms with van der Waals surface area (Å²) in [6.07, 6.45) is 0. The molecular formula is C30H16O4S. The number of rotatable bonds is 2. The van der Waals surface area contributed by atoms with Crippen LogP contribution in [-0.4, -0.2) is 0 Å². The summed E-state index contributed by atoms with van der Waals surface area (Å²) in [5, 5.41) is 5.96. The first-order valence-electron chi connectivity index (χ1n) is 11.2. The van der Waals surface area contributed by atoms with Crippen molar-refractivity contribution in [2.75, 3.05) is 0 Å². The highest BCUT2D eigenvalue weighted by atomic mass is 32.1. The van der Waals surface area contributed by atoms with Gasteiger partial charge in [-0.1, -0.05) is 60.7 Å². The summed E-state index contributed by atoms with van der Waals surface area (Å²) < 4.78 is 11.3. The van der Waals surface area contributed by atoms with Crippen molar-refractivity contribution in [3.63, 3.8) is 0 Å². The minimum atomic E-state index is -0.405. The van der Waals surface area contributed by atoms with E-state index in [4.69, 9.17) is 8.83 Å². The van der Waals surface area contributed by atoms with Crippen LogP contribution >= 0.6 is 11.3 Å². The number of fused-ring (bicyclic) bond motifs is 6. The summed E-state index contributed by atoms with van der Waals surface area (Å²) in [5.74, 6) is 0. The van der Waals surface area contributed by atoms with E-state index in [2.05, 4.69) is 0 Å². The Morgan fingerprint density at radius 1 is 0.486 bits per heavy atom. The van der Waals surface area contributed by atoms with E-state index in [1.54, 1.807) is 0 Å². The fourth-order valence-corrected chi connectivity index (χ4v) is 5.73. The van der Waals surface area contributed by atoms with Crippen molar-refractivity contribution >= 4 is 54.8 Å². The Bertz CT molecular complexity index is 1910.